The SMILES string of the molecule is COc1ccc(C(N)=O)cc1-c1cc2nccc(-c3ccnc(N4C[C@H]5CCCNC54)c3)c2o1. The van der Waals surface area contributed by atoms with Crippen LogP contribution >= 0.6 is 0 Å². The molecule has 2 fully saturated rings. The van der Waals surface area contributed by atoms with Crippen LogP contribution in [0, 0.1) is 5.92 Å². The van der Waals surface area contributed by atoms with E-state index in [2.05, 4.69) is 26.3 Å². The lowest BCUT2D eigenvalue weighted by Crippen LogP contribution is -2.65. The number of nitrogens with two attached hydrogens (primary N) is 1. The van der Waals surface area contributed by atoms with E-state index in [1.165, 1.54) is 12.8 Å². The number of ether oxygens (including phenoxy) is 1. The molecule has 34 heavy (non-hydrogen) atoms. The number of hydrogen-bond acceptors (Lipinski definition) is 7. The van der Waals surface area contributed by atoms with E-state index < -0.39 is 5.91 Å². The fraction of sp³-hybridized carbons (Fsp3) is 0.269. The molecule has 4 aromatic rings. The second-order valence-corrected chi connectivity index (χ2v) is 8.82. The molecule has 6 rings (SSSR count). The van der Waals surface area contributed by atoms with E-state index in [1.807, 2.05) is 24.4 Å². The van der Waals surface area contributed by atoms with Crippen molar-refractivity contribution < 1.29 is 13.9 Å². The summed E-state index contributed by atoms with van der Waals surface area (Å²) in [6, 6.07) is 12.9. The Morgan fingerprint density at radius 1 is 1.15 bits per heavy atom. The van der Waals surface area contributed by atoms with E-state index in [0.717, 1.165) is 35.6 Å². The fourth-order valence-corrected chi connectivity index (χ4v) is 5.05. The predicted molar refractivity (Wildman–Crippen MR) is 130 cm³/mol. The molecule has 5 heterocycles. The quantitative estimate of drug-likeness (QED) is 0.471. The Kier molecular flexibility index (Phi) is 4.95. The molecule has 2 aliphatic rings. The summed E-state index contributed by atoms with van der Waals surface area (Å²) in [5, 5.41) is 3.61. The van der Waals surface area contributed by atoms with Crippen molar-refractivity contribution >= 4 is 22.8 Å². The number of nitrogens with one attached hydrogen (secondary N) is 1. The van der Waals surface area contributed by atoms with Gasteiger partial charge in [-0.1, -0.05) is 0 Å². The standard InChI is InChI=1S/C26H25N5O3/c1-33-21-5-4-16(25(27)32)11-19(21)22-13-20-24(34-22)18(7-10-28-20)15-6-9-29-23(12-15)31-14-17-3-2-8-30-26(17)31/h4-7,9-13,17,26,30H,2-3,8,14H2,1H3,(H2,27,32)/t17-,26?/m1/s1. The minimum atomic E-state index is -0.510. The molecule has 2 saturated heterocycles. The molecule has 0 radical (unpaired) electrons. The number of primary amides is 1. The summed E-state index contributed by atoms with van der Waals surface area (Å²) in [4.78, 5) is 23.2. The van der Waals surface area contributed by atoms with E-state index in [0.29, 0.717) is 40.3 Å². The van der Waals surface area contributed by atoms with E-state index in [9.17, 15) is 4.79 Å². The van der Waals surface area contributed by atoms with Crippen molar-refractivity contribution in [3.63, 3.8) is 0 Å². The van der Waals surface area contributed by atoms with Gasteiger partial charge in [0.1, 0.15) is 22.8 Å². The zero-order valence-electron chi connectivity index (χ0n) is 18.8. The zero-order chi connectivity index (χ0) is 23.2. The summed E-state index contributed by atoms with van der Waals surface area (Å²) in [5.41, 5.74) is 9.84. The minimum Gasteiger partial charge on any atom is -0.496 e. The normalized spacial score (nSPS) is 19.5. The molecule has 1 amide bonds. The third-order valence-electron chi connectivity index (χ3n) is 6.83. The third-order valence-corrected chi connectivity index (χ3v) is 6.83. The average Bonchev–Trinajstić information content (AvgIpc) is 3.29. The number of carbonyl (C=O) groups is 1. The van der Waals surface area contributed by atoms with Crippen LogP contribution in [0.4, 0.5) is 5.82 Å². The molecule has 1 unspecified atom stereocenters. The Morgan fingerprint density at radius 3 is 2.85 bits per heavy atom. The van der Waals surface area contributed by atoms with Crippen molar-refractivity contribution in [2.24, 2.45) is 11.7 Å². The highest BCUT2D eigenvalue weighted by Crippen LogP contribution is 2.39. The molecule has 3 N–H and O–H groups in total. The number of rotatable bonds is 5. The van der Waals surface area contributed by atoms with Crippen LogP contribution in [0.2, 0.25) is 0 Å². The van der Waals surface area contributed by atoms with Crippen LogP contribution < -0.4 is 20.7 Å². The number of nitrogens with zero attached hydrogens (tertiary/aromatic N) is 3. The monoisotopic (exact) mass is 455 g/mol. The van der Waals surface area contributed by atoms with Crippen molar-refractivity contribution in [3.8, 4) is 28.2 Å². The largest absolute Gasteiger partial charge is 0.496 e. The van der Waals surface area contributed by atoms with Gasteiger partial charge in [-0.2, -0.15) is 0 Å². The number of fused-ring (bicyclic) bond motifs is 2. The fourth-order valence-electron chi connectivity index (χ4n) is 5.05. The Hall–Kier alpha value is -3.91. The number of furan rings is 1. The second kappa shape index (κ2) is 8.14. The van der Waals surface area contributed by atoms with E-state index in [4.69, 9.17) is 14.9 Å². The maximum Gasteiger partial charge on any atom is 0.248 e. The van der Waals surface area contributed by atoms with Crippen molar-refractivity contribution in [2.75, 3.05) is 25.1 Å². The van der Waals surface area contributed by atoms with Crippen LogP contribution in [-0.4, -0.2) is 42.2 Å². The van der Waals surface area contributed by atoms with Crippen LogP contribution in [0.3, 0.4) is 0 Å². The number of aromatic nitrogens is 2. The first-order valence-electron chi connectivity index (χ1n) is 11.5. The first-order chi connectivity index (χ1) is 16.6. The molecule has 0 aliphatic carbocycles. The summed E-state index contributed by atoms with van der Waals surface area (Å²) in [5.74, 6) is 2.29. The average molecular weight is 456 g/mol. The van der Waals surface area contributed by atoms with Gasteiger partial charge in [0.15, 0.2) is 5.58 Å². The van der Waals surface area contributed by atoms with E-state index in [-0.39, 0.29) is 0 Å². The third kappa shape index (κ3) is 3.38. The predicted octanol–water partition coefficient (Wildman–Crippen LogP) is 3.81. The second-order valence-electron chi connectivity index (χ2n) is 8.82. The lowest BCUT2D eigenvalue weighted by Gasteiger charge is -2.51. The van der Waals surface area contributed by atoms with Gasteiger partial charge in [0, 0.05) is 42.0 Å². The first kappa shape index (κ1) is 20.7. The van der Waals surface area contributed by atoms with Crippen LogP contribution in [0.1, 0.15) is 23.2 Å². The van der Waals surface area contributed by atoms with Crippen LogP contribution in [0.25, 0.3) is 33.6 Å². The van der Waals surface area contributed by atoms with Gasteiger partial charge >= 0.3 is 0 Å². The topological polar surface area (TPSA) is 107 Å². The minimum absolute atomic E-state index is 0.370. The van der Waals surface area contributed by atoms with Gasteiger partial charge in [-0.05, 0) is 61.3 Å². The Bertz CT molecular complexity index is 1400. The highest BCUT2D eigenvalue weighted by Gasteiger charge is 2.40. The zero-order valence-corrected chi connectivity index (χ0v) is 18.8. The number of amides is 1. The lowest BCUT2D eigenvalue weighted by atomic mass is 9.87. The molecule has 1 aromatic carbocycles. The molecule has 0 spiro atoms. The molecule has 0 bridgehead atoms. The summed E-state index contributed by atoms with van der Waals surface area (Å²) in [7, 11) is 1.58. The number of anilines is 1. The van der Waals surface area contributed by atoms with Crippen molar-refractivity contribution in [3.05, 3.63) is 60.4 Å². The number of methoxy groups -OCH3 is 1. The number of pyridine rings is 2. The van der Waals surface area contributed by atoms with Crippen LogP contribution in [0.15, 0.2) is 59.3 Å². The van der Waals surface area contributed by atoms with Gasteiger partial charge in [0.05, 0.1) is 18.8 Å². The smallest absolute Gasteiger partial charge is 0.248 e. The molecule has 0 saturated carbocycles. The summed E-state index contributed by atoms with van der Waals surface area (Å²) in [6.07, 6.45) is 6.50. The van der Waals surface area contributed by atoms with E-state index >= 15 is 0 Å². The number of piperidine rings is 1. The molecular formula is C26H25N5O3. The number of carbonyl (C=O) groups excluding carboxylic acids is 1. The highest BCUT2D eigenvalue weighted by atomic mass is 16.5. The van der Waals surface area contributed by atoms with Gasteiger partial charge in [0.2, 0.25) is 5.91 Å². The van der Waals surface area contributed by atoms with Crippen molar-refractivity contribution in [1.82, 2.24) is 15.3 Å². The molecule has 172 valence electrons. The highest BCUT2D eigenvalue weighted by molar-refractivity contribution is 5.96. The van der Waals surface area contributed by atoms with Crippen LogP contribution in [-0.2, 0) is 0 Å². The molecular weight excluding hydrogens is 430 g/mol. The Labute approximate surface area is 196 Å². The Morgan fingerprint density at radius 2 is 2.03 bits per heavy atom. The van der Waals surface area contributed by atoms with Crippen LogP contribution in [0.5, 0.6) is 5.75 Å². The summed E-state index contributed by atoms with van der Waals surface area (Å²) < 4.78 is 11.8. The Balaban J connectivity index is 1.40. The van der Waals surface area contributed by atoms with Gasteiger partial charge in [-0.15, -0.1) is 0 Å². The van der Waals surface area contributed by atoms with Gasteiger partial charge in [-0.3, -0.25) is 15.1 Å². The summed E-state index contributed by atoms with van der Waals surface area (Å²) in [6.45, 7) is 2.08. The maximum atomic E-state index is 11.7. The van der Waals surface area contributed by atoms with E-state index in [1.54, 1.807) is 31.5 Å². The first-order valence-corrected chi connectivity index (χ1v) is 11.5. The van der Waals surface area contributed by atoms with Gasteiger partial charge < -0.3 is 19.8 Å². The number of benzene rings is 1. The molecule has 8 heteroatoms. The molecule has 2 aliphatic heterocycles. The molecule has 8 nitrogen and oxygen atoms in total. The summed E-state index contributed by atoms with van der Waals surface area (Å²) >= 11 is 0. The van der Waals surface area contributed by atoms with Crippen molar-refractivity contribution in [1.29, 1.82) is 0 Å². The van der Waals surface area contributed by atoms with Crippen molar-refractivity contribution in [2.45, 2.75) is 19.0 Å². The lowest BCUT2D eigenvalue weighted by molar-refractivity contribution is 0.100. The maximum absolute atomic E-state index is 11.7. The molecule has 3 aromatic heterocycles. The van der Waals surface area contributed by atoms with Gasteiger partial charge in [-0.25, -0.2) is 4.98 Å². The number of hydrogen-bond donors (Lipinski definition) is 2. The molecule has 2 atom stereocenters. The van der Waals surface area contributed by atoms with Gasteiger partial charge in [0.25, 0.3) is 0 Å².